The Labute approximate surface area is 216 Å². The van der Waals surface area contributed by atoms with Crippen LogP contribution in [0.2, 0.25) is 0 Å². The third kappa shape index (κ3) is 5.62. The summed E-state index contributed by atoms with van der Waals surface area (Å²) in [6, 6.07) is 4.73. The molecule has 0 N–H and O–H groups in total. The van der Waals surface area contributed by atoms with Gasteiger partial charge in [0.1, 0.15) is 23.9 Å². The molecule has 4 unspecified atom stereocenters. The molecule has 2 aliphatic carbocycles. The van der Waals surface area contributed by atoms with Crippen LogP contribution in [0.4, 0.5) is 18.9 Å². The summed E-state index contributed by atoms with van der Waals surface area (Å²) >= 11 is 0. The second-order valence-corrected chi connectivity index (χ2v) is 10.4. The van der Waals surface area contributed by atoms with Crippen molar-refractivity contribution in [2.75, 3.05) is 44.2 Å². The number of halogens is 4. The number of hydrogen-bond donors (Lipinski definition) is 0. The number of alkyl halides is 2. The number of nitrogens with zero attached hydrogens (tertiary/aromatic N) is 3. The third-order valence-electron chi connectivity index (χ3n) is 8.09. The SMILES string of the molecule is Cl.O=C1C2CC(F)C(F)CC2C(=O)N1CCCN1CCN(c2cc(F)ccc2OC2CCCC2)CC1. The molecule has 6 nitrogen and oxygen atoms in total. The highest BCUT2D eigenvalue weighted by molar-refractivity contribution is 6.05. The van der Waals surface area contributed by atoms with Gasteiger partial charge < -0.3 is 9.64 Å². The smallest absolute Gasteiger partial charge is 0.233 e. The van der Waals surface area contributed by atoms with Crippen molar-refractivity contribution in [3.05, 3.63) is 24.0 Å². The number of amides is 2. The van der Waals surface area contributed by atoms with Gasteiger partial charge in [-0.05, 0) is 63.6 Å². The molecule has 2 saturated heterocycles. The monoisotopic (exact) mass is 529 g/mol. The molecule has 200 valence electrons. The molecule has 0 radical (unpaired) electrons. The van der Waals surface area contributed by atoms with E-state index in [2.05, 4.69) is 9.80 Å². The normalized spacial score (nSPS) is 29.4. The van der Waals surface area contributed by atoms with Crippen LogP contribution in [0.25, 0.3) is 0 Å². The number of likely N-dealkylation sites (tertiary alicyclic amines) is 1. The molecule has 4 atom stereocenters. The quantitative estimate of drug-likeness (QED) is 0.497. The maximum atomic E-state index is 14.0. The number of anilines is 1. The molecule has 10 heteroatoms. The molecule has 4 fully saturated rings. The topological polar surface area (TPSA) is 53.1 Å². The first-order valence-corrected chi connectivity index (χ1v) is 13.0. The minimum atomic E-state index is -1.66. The largest absolute Gasteiger partial charge is 0.488 e. The molecule has 36 heavy (non-hydrogen) atoms. The molecule has 0 bridgehead atoms. The number of carbonyl (C=O) groups excluding carboxylic acids is 2. The van der Waals surface area contributed by atoms with E-state index in [-0.39, 0.29) is 55.5 Å². The number of fused-ring (bicyclic) bond motifs is 1. The first-order chi connectivity index (χ1) is 16.9. The van der Waals surface area contributed by atoms with E-state index >= 15 is 0 Å². The van der Waals surface area contributed by atoms with E-state index in [1.165, 1.54) is 23.8 Å². The van der Waals surface area contributed by atoms with Crippen molar-refractivity contribution in [3.8, 4) is 5.75 Å². The van der Waals surface area contributed by atoms with Crippen molar-refractivity contribution in [2.24, 2.45) is 11.8 Å². The predicted molar refractivity (Wildman–Crippen MR) is 133 cm³/mol. The molecule has 2 aliphatic heterocycles. The molecule has 2 amide bonds. The summed E-state index contributed by atoms with van der Waals surface area (Å²) in [5.41, 5.74) is 0.796. The minimum Gasteiger partial charge on any atom is -0.488 e. The molecule has 2 saturated carbocycles. The summed E-state index contributed by atoms with van der Waals surface area (Å²) in [4.78, 5) is 30.9. The van der Waals surface area contributed by atoms with Crippen molar-refractivity contribution < 1.29 is 27.5 Å². The maximum absolute atomic E-state index is 14.0. The van der Waals surface area contributed by atoms with Gasteiger partial charge in [-0.1, -0.05) is 0 Å². The average Bonchev–Trinajstić information content (AvgIpc) is 3.44. The Morgan fingerprint density at radius 1 is 0.889 bits per heavy atom. The highest BCUT2D eigenvalue weighted by atomic mass is 35.5. The van der Waals surface area contributed by atoms with Gasteiger partial charge in [-0.2, -0.15) is 0 Å². The fourth-order valence-electron chi connectivity index (χ4n) is 6.07. The lowest BCUT2D eigenvalue weighted by atomic mass is 9.79. The highest BCUT2D eigenvalue weighted by Gasteiger charge is 2.52. The number of benzene rings is 1. The van der Waals surface area contributed by atoms with Gasteiger partial charge in [-0.25, -0.2) is 13.2 Å². The lowest BCUT2D eigenvalue weighted by molar-refractivity contribution is -0.140. The van der Waals surface area contributed by atoms with Crippen LogP contribution < -0.4 is 9.64 Å². The number of rotatable bonds is 7. The summed E-state index contributed by atoms with van der Waals surface area (Å²) < 4.78 is 47.7. The number of piperazine rings is 1. The summed E-state index contributed by atoms with van der Waals surface area (Å²) in [5.74, 6) is -1.65. The Morgan fingerprint density at radius 3 is 2.11 bits per heavy atom. The minimum absolute atomic E-state index is 0. The van der Waals surface area contributed by atoms with Gasteiger partial charge in [-0.3, -0.25) is 19.4 Å². The average molecular weight is 530 g/mol. The second kappa shape index (κ2) is 11.6. The molecule has 5 rings (SSSR count). The van der Waals surface area contributed by atoms with Gasteiger partial charge in [-0.15, -0.1) is 12.4 Å². The van der Waals surface area contributed by atoms with Gasteiger partial charge in [0.05, 0.1) is 23.6 Å². The Morgan fingerprint density at radius 2 is 1.50 bits per heavy atom. The summed E-state index contributed by atoms with van der Waals surface area (Å²) in [5, 5.41) is 0. The van der Waals surface area contributed by atoms with E-state index in [0.29, 0.717) is 13.0 Å². The van der Waals surface area contributed by atoms with E-state index in [4.69, 9.17) is 4.74 Å². The maximum Gasteiger partial charge on any atom is 0.233 e. The van der Waals surface area contributed by atoms with Gasteiger partial charge in [0.15, 0.2) is 0 Å². The van der Waals surface area contributed by atoms with Gasteiger partial charge >= 0.3 is 0 Å². The molecule has 1 aromatic carbocycles. The number of hydrogen-bond acceptors (Lipinski definition) is 5. The second-order valence-electron chi connectivity index (χ2n) is 10.4. The van der Waals surface area contributed by atoms with Crippen LogP contribution in [0.15, 0.2) is 18.2 Å². The van der Waals surface area contributed by atoms with Crippen molar-refractivity contribution in [2.45, 2.75) is 63.4 Å². The fraction of sp³-hybridized carbons (Fsp3) is 0.692. The summed E-state index contributed by atoms with van der Waals surface area (Å²) in [6.45, 7) is 4.01. The Bertz CT molecular complexity index is 912. The van der Waals surface area contributed by atoms with E-state index in [1.54, 1.807) is 12.1 Å². The van der Waals surface area contributed by atoms with Crippen LogP contribution >= 0.6 is 12.4 Å². The van der Waals surface area contributed by atoms with E-state index in [9.17, 15) is 22.8 Å². The number of ether oxygens (including phenoxy) is 1. The van der Waals surface area contributed by atoms with Crippen LogP contribution in [0.3, 0.4) is 0 Å². The fourth-order valence-corrected chi connectivity index (χ4v) is 6.07. The molecular formula is C26H35ClF3N3O3. The molecule has 0 aromatic heterocycles. The zero-order valence-corrected chi connectivity index (χ0v) is 21.2. The van der Waals surface area contributed by atoms with Crippen molar-refractivity contribution in [1.82, 2.24) is 9.80 Å². The van der Waals surface area contributed by atoms with E-state index in [1.807, 2.05) is 0 Å². The van der Waals surface area contributed by atoms with Crippen LogP contribution in [-0.2, 0) is 9.59 Å². The third-order valence-corrected chi connectivity index (χ3v) is 8.09. The first kappa shape index (κ1) is 27.0. The molecule has 2 heterocycles. The van der Waals surface area contributed by atoms with Crippen LogP contribution in [0.5, 0.6) is 5.75 Å². The Kier molecular flexibility index (Phi) is 8.71. The van der Waals surface area contributed by atoms with Gasteiger partial charge in [0.2, 0.25) is 11.8 Å². The first-order valence-electron chi connectivity index (χ1n) is 13.0. The van der Waals surface area contributed by atoms with Crippen molar-refractivity contribution in [3.63, 3.8) is 0 Å². The molecule has 1 aromatic rings. The molecular weight excluding hydrogens is 495 g/mol. The Balaban J connectivity index is 0.00000304. The number of carbonyl (C=O) groups is 2. The lowest BCUT2D eigenvalue weighted by Gasteiger charge is -2.37. The van der Waals surface area contributed by atoms with E-state index in [0.717, 1.165) is 50.5 Å². The summed E-state index contributed by atoms with van der Waals surface area (Å²) in [7, 11) is 0. The lowest BCUT2D eigenvalue weighted by Crippen LogP contribution is -2.47. The van der Waals surface area contributed by atoms with Crippen LogP contribution in [0, 0.1) is 17.7 Å². The van der Waals surface area contributed by atoms with Crippen molar-refractivity contribution >= 4 is 29.9 Å². The zero-order chi connectivity index (χ0) is 24.5. The standard InChI is InChI=1S/C26H34F3N3O3.ClH/c27-17-6-7-24(35-18-4-1-2-5-18)23(14-17)31-12-10-30(11-13-31)8-3-9-32-25(33)19-15-21(28)22(29)16-20(19)26(32)34;/h6-7,14,18-22H,1-5,8-13,15-16H2;1H. The highest BCUT2D eigenvalue weighted by Crippen LogP contribution is 2.40. The van der Waals surface area contributed by atoms with Crippen LogP contribution in [0.1, 0.15) is 44.9 Å². The number of imide groups is 1. The summed E-state index contributed by atoms with van der Waals surface area (Å²) in [6.07, 6.45) is 1.52. The molecule has 4 aliphatic rings. The van der Waals surface area contributed by atoms with E-state index < -0.39 is 24.2 Å². The predicted octanol–water partition coefficient (Wildman–Crippen LogP) is 4.15. The molecule has 0 spiro atoms. The van der Waals surface area contributed by atoms with Crippen molar-refractivity contribution in [1.29, 1.82) is 0 Å². The van der Waals surface area contributed by atoms with Gasteiger partial charge in [0, 0.05) is 38.8 Å². The Hall–Kier alpha value is -2.00. The zero-order valence-electron chi connectivity index (χ0n) is 20.4. The van der Waals surface area contributed by atoms with Gasteiger partial charge in [0.25, 0.3) is 0 Å². The van der Waals surface area contributed by atoms with Crippen LogP contribution in [-0.4, -0.2) is 79.3 Å².